The van der Waals surface area contributed by atoms with Gasteiger partial charge in [0.25, 0.3) is 5.91 Å². The van der Waals surface area contributed by atoms with Crippen molar-refractivity contribution in [1.82, 2.24) is 4.98 Å². The first-order chi connectivity index (χ1) is 15.3. The van der Waals surface area contributed by atoms with Crippen LogP contribution in [0.3, 0.4) is 0 Å². The largest absolute Gasteiger partial charge is 0.459 e. The molecule has 4 rings (SSSR count). The average molecular weight is 445 g/mol. The molecule has 0 aliphatic rings. The average Bonchev–Trinajstić information content (AvgIpc) is 3.06. The molecule has 0 saturated heterocycles. The Hall–Kier alpha value is -3.51. The monoisotopic (exact) mass is 444 g/mol. The number of rotatable bonds is 5. The number of aryl methyl sites for hydroxylation is 1. The molecule has 162 valence electrons. The van der Waals surface area contributed by atoms with Gasteiger partial charge in [-0.05, 0) is 45.4 Å². The summed E-state index contributed by atoms with van der Waals surface area (Å²) in [4.78, 5) is 31.8. The van der Waals surface area contributed by atoms with Gasteiger partial charge in [0.2, 0.25) is 0 Å². The van der Waals surface area contributed by atoms with E-state index >= 15 is 0 Å². The summed E-state index contributed by atoms with van der Waals surface area (Å²) in [7, 11) is 0. The zero-order valence-corrected chi connectivity index (χ0v) is 19.2. The summed E-state index contributed by atoms with van der Waals surface area (Å²) >= 11 is 1.38. The zero-order chi connectivity index (χ0) is 22.8. The van der Waals surface area contributed by atoms with Crippen LogP contribution >= 0.6 is 11.3 Å². The number of aromatic nitrogens is 1. The SMILES string of the molecule is Cc1sc(NC(=O)c2cc(-c3ccccc3)nc3ccccc23)c(C(=O)OC(C)C)c1C. The second-order valence-corrected chi connectivity index (χ2v) is 9.06. The number of benzene rings is 2. The Morgan fingerprint density at radius 3 is 2.41 bits per heavy atom. The molecule has 0 unspecified atom stereocenters. The van der Waals surface area contributed by atoms with Crippen LogP contribution in [0.4, 0.5) is 5.00 Å². The third-order valence-corrected chi connectivity index (χ3v) is 6.31. The number of pyridine rings is 1. The van der Waals surface area contributed by atoms with Crippen molar-refractivity contribution < 1.29 is 14.3 Å². The number of fused-ring (bicyclic) bond motifs is 1. The molecule has 0 atom stereocenters. The first-order valence-corrected chi connectivity index (χ1v) is 11.2. The van der Waals surface area contributed by atoms with E-state index in [1.165, 1.54) is 11.3 Å². The van der Waals surface area contributed by atoms with E-state index in [-0.39, 0.29) is 12.0 Å². The van der Waals surface area contributed by atoms with Crippen molar-refractivity contribution in [2.45, 2.75) is 33.8 Å². The van der Waals surface area contributed by atoms with Gasteiger partial charge in [-0.1, -0.05) is 48.5 Å². The van der Waals surface area contributed by atoms with Crippen molar-refractivity contribution in [3.8, 4) is 11.3 Å². The van der Waals surface area contributed by atoms with Crippen molar-refractivity contribution >= 4 is 39.1 Å². The van der Waals surface area contributed by atoms with E-state index < -0.39 is 5.97 Å². The molecule has 1 N–H and O–H groups in total. The molecule has 0 bridgehead atoms. The number of ether oxygens (including phenoxy) is 1. The molecule has 5 nitrogen and oxygen atoms in total. The number of amides is 1. The minimum atomic E-state index is -0.429. The van der Waals surface area contributed by atoms with Gasteiger partial charge >= 0.3 is 5.97 Å². The summed E-state index contributed by atoms with van der Waals surface area (Å²) in [6.45, 7) is 7.41. The van der Waals surface area contributed by atoms with Crippen LogP contribution in [0, 0.1) is 13.8 Å². The smallest absolute Gasteiger partial charge is 0.341 e. The second kappa shape index (κ2) is 8.93. The summed E-state index contributed by atoms with van der Waals surface area (Å²) in [5.74, 6) is -0.720. The van der Waals surface area contributed by atoms with E-state index in [9.17, 15) is 9.59 Å². The number of esters is 1. The maximum Gasteiger partial charge on any atom is 0.341 e. The normalized spacial score (nSPS) is 11.0. The number of thiophene rings is 1. The molecular weight excluding hydrogens is 420 g/mol. The molecule has 0 radical (unpaired) electrons. The van der Waals surface area contributed by atoms with Gasteiger partial charge in [-0.3, -0.25) is 4.79 Å². The lowest BCUT2D eigenvalue weighted by Gasteiger charge is -2.12. The topological polar surface area (TPSA) is 68.3 Å². The molecule has 6 heteroatoms. The highest BCUT2D eigenvalue weighted by atomic mass is 32.1. The van der Waals surface area contributed by atoms with Crippen LogP contribution in [0.5, 0.6) is 0 Å². The van der Waals surface area contributed by atoms with Gasteiger partial charge in [-0.2, -0.15) is 0 Å². The Balaban J connectivity index is 1.77. The van der Waals surface area contributed by atoms with Crippen LogP contribution in [0.1, 0.15) is 45.0 Å². The number of hydrogen-bond acceptors (Lipinski definition) is 5. The van der Waals surface area contributed by atoms with Gasteiger partial charge in [0.1, 0.15) is 5.00 Å². The standard InChI is InChI=1S/C26H24N2O3S/c1-15(2)31-26(30)23-16(3)17(4)32-25(23)28-24(29)20-14-22(18-10-6-5-7-11-18)27-21-13-9-8-12-19(20)21/h5-15H,1-4H3,(H,28,29). The van der Waals surface area contributed by atoms with E-state index in [1.807, 2.05) is 68.4 Å². The molecule has 0 fully saturated rings. The van der Waals surface area contributed by atoms with Gasteiger partial charge in [-0.25, -0.2) is 9.78 Å². The number of hydrogen-bond donors (Lipinski definition) is 1. The Kier molecular flexibility index (Phi) is 6.06. The van der Waals surface area contributed by atoms with Gasteiger partial charge in [0, 0.05) is 15.8 Å². The van der Waals surface area contributed by atoms with Crippen molar-refractivity contribution in [2.24, 2.45) is 0 Å². The predicted molar refractivity (Wildman–Crippen MR) is 129 cm³/mol. The van der Waals surface area contributed by atoms with Gasteiger partial charge in [0.15, 0.2) is 0 Å². The van der Waals surface area contributed by atoms with Gasteiger partial charge < -0.3 is 10.1 Å². The quantitative estimate of drug-likeness (QED) is 0.362. The van der Waals surface area contributed by atoms with Crippen molar-refractivity contribution in [3.63, 3.8) is 0 Å². The lowest BCUT2D eigenvalue weighted by molar-refractivity contribution is 0.0379. The second-order valence-electron chi connectivity index (χ2n) is 7.83. The van der Waals surface area contributed by atoms with Crippen LogP contribution in [0.2, 0.25) is 0 Å². The number of para-hydroxylation sites is 1. The summed E-state index contributed by atoms with van der Waals surface area (Å²) < 4.78 is 5.41. The van der Waals surface area contributed by atoms with Crippen molar-refractivity contribution in [1.29, 1.82) is 0 Å². The fourth-order valence-electron chi connectivity index (χ4n) is 3.52. The molecule has 0 aliphatic carbocycles. The Bertz CT molecular complexity index is 1310. The van der Waals surface area contributed by atoms with E-state index in [0.717, 1.165) is 26.9 Å². The number of carbonyl (C=O) groups is 2. The Morgan fingerprint density at radius 2 is 1.69 bits per heavy atom. The van der Waals surface area contributed by atoms with Crippen LogP contribution in [0.15, 0.2) is 60.7 Å². The minimum Gasteiger partial charge on any atom is -0.459 e. The molecule has 4 aromatic rings. The summed E-state index contributed by atoms with van der Waals surface area (Å²) in [5.41, 5.74) is 4.11. The molecule has 2 aromatic carbocycles. The molecule has 0 spiro atoms. The first-order valence-electron chi connectivity index (χ1n) is 10.4. The van der Waals surface area contributed by atoms with E-state index in [2.05, 4.69) is 5.32 Å². The van der Waals surface area contributed by atoms with Crippen molar-refractivity contribution in [2.75, 3.05) is 5.32 Å². The lowest BCUT2D eigenvalue weighted by Crippen LogP contribution is -2.17. The molecule has 0 aliphatic heterocycles. The fourth-order valence-corrected chi connectivity index (χ4v) is 4.57. The predicted octanol–water partition coefficient (Wildman–Crippen LogP) is 6.40. The fraction of sp³-hybridized carbons (Fsp3) is 0.192. The molecular formula is C26H24N2O3S. The van der Waals surface area contributed by atoms with Gasteiger partial charge in [0.05, 0.1) is 28.4 Å². The van der Waals surface area contributed by atoms with E-state index in [4.69, 9.17) is 9.72 Å². The lowest BCUT2D eigenvalue weighted by atomic mass is 10.0. The minimum absolute atomic E-state index is 0.247. The Morgan fingerprint density at radius 1 is 1.00 bits per heavy atom. The number of nitrogens with zero attached hydrogens (tertiary/aromatic N) is 1. The van der Waals surface area contributed by atoms with Gasteiger partial charge in [-0.15, -0.1) is 11.3 Å². The van der Waals surface area contributed by atoms with Crippen LogP contribution in [-0.2, 0) is 4.74 Å². The third kappa shape index (κ3) is 4.27. The van der Waals surface area contributed by atoms with Crippen LogP contribution in [0.25, 0.3) is 22.2 Å². The van der Waals surface area contributed by atoms with E-state index in [1.54, 1.807) is 19.9 Å². The molecule has 2 heterocycles. The Labute approximate surface area is 191 Å². The first kappa shape index (κ1) is 21.7. The molecule has 1 amide bonds. The summed E-state index contributed by atoms with van der Waals surface area (Å²) in [5, 5.41) is 4.21. The highest BCUT2D eigenvalue weighted by Gasteiger charge is 2.24. The van der Waals surface area contributed by atoms with Crippen LogP contribution in [-0.4, -0.2) is 23.0 Å². The molecule has 32 heavy (non-hydrogen) atoms. The maximum atomic E-state index is 13.4. The maximum absolute atomic E-state index is 13.4. The summed E-state index contributed by atoms with van der Waals surface area (Å²) in [6.07, 6.45) is -0.247. The number of anilines is 1. The molecule has 2 aromatic heterocycles. The van der Waals surface area contributed by atoms with E-state index in [0.29, 0.717) is 21.8 Å². The number of nitrogens with one attached hydrogen (secondary N) is 1. The van der Waals surface area contributed by atoms with Crippen molar-refractivity contribution in [3.05, 3.63) is 82.2 Å². The molecule has 0 saturated carbocycles. The highest BCUT2D eigenvalue weighted by molar-refractivity contribution is 7.16. The zero-order valence-electron chi connectivity index (χ0n) is 18.4. The third-order valence-electron chi connectivity index (χ3n) is 5.19. The van der Waals surface area contributed by atoms with Crippen LogP contribution < -0.4 is 5.32 Å². The summed E-state index contributed by atoms with van der Waals surface area (Å²) in [6, 6.07) is 19.1. The number of carbonyl (C=O) groups excluding carboxylic acids is 2. The highest BCUT2D eigenvalue weighted by Crippen LogP contribution is 2.34.